The molecule has 0 spiro atoms. The SMILES string of the molecule is Cl.Cl.O=C(O)COCC[N+]1([O-])CCN(C(c2ccccc2)c2ccc(Cl)cc2)CC1. The fraction of sp³-hybridized carbons (Fsp3) is 0.381. The van der Waals surface area contributed by atoms with Gasteiger partial charge in [0.2, 0.25) is 0 Å². The van der Waals surface area contributed by atoms with Crippen LogP contribution in [0.2, 0.25) is 5.02 Å². The molecular weight excluding hydrogens is 451 g/mol. The fourth-order valence-corrected chi connectivity index (χ4v) is 3.74. The first-order valence-corrected chi connectivity index (χ1v) is 9.76. The highest BCUT2D eigenvalue weighted by molar-refractivity contribution is 6.30. The molecule has 1 fully saturated rings. The number of rotatable bonds is 8. The van der Waals surface area contributed by atoms with E-state index in [1.54, 1.807) is 0 Å². The maximum atomic E-state index is 12.9. The summed E-state index contributed by atoms with van der Waals surface area (Å²) in [5, 5.41) is 22.2. The lowest BCUT2D eigenvalue weighted by atomic mass is 9.96. The van der Waals surface area contributed by atoms with Gasteiger partial charge in [-0.15, -0.1) is 24.8 Å². The lowest BCUT2D eigenvalue weighted by molar-refractivity contribution is -0.885. The monoisotopic (exact) mass is 476 g/mol. The minimum absolute atomic E-state index is 0. The Balaban J connectivity index is 0.00000225. The molecule has 0 amide bonds. The summed E-state index contributed by atoms with van der Waals surface area (Å²) < 4.78 is 4.70. The maximum Gasteiger partial charge on any atom is 0.329 e. The van der Waals surface area contributed by atoms with E-state index in [1.807, 2.05) is 42.5 Å². The van der Waals surface area contributed by atoms with E-state index in [-0.39, 0.29) is 55.3 Å². The number of nitrogens with zero attached hydrogens (tertiary/aromatic N) is 2. The van der Waals surface area contributed by atoms with Gasteiger partial charge in [-0.05, 0) is 23.3 Å². The van der Waals surface area contributed by atoms with E-state index in [9.17, 15) is 10.0 Å². The summed E-state index contributed by atoms with van der Waals surface area (Å²) in [5.74, 6) is -1.02. The predicted molar refractivity (Wildman–Crippen MR) is 122 cm³/mol. The van der Waals surface area contributed by atoms with E-state index in [4.69, 9.17) is 21.4 Å². The molecule has 0 radical (unpaired) electrons. The average Bonchev–Trinajstić information content (AvgIpc) is 2.69. The molecule has 1 N–H and O–H groups in total. The molecule has 0 aromatic heterocycles. The molecule has 9 heteroatoms. The van der Waals surface area contributed by atoms with Gasteiger partial charge in [-0.2, -0.15) is 0 Å². The van der Waals surface area contributed by atoms with Crippen molar-refractivity contribution in [2.24, 2.45) is 0 Å². The number of carboxylic acids is 1. The molecule has 3 rings (SSSR count). The van der Waals surface area contributed by atoms with Gasteiger partial charge in [-0.3, -0.25) is 4.90 Å². The van der Waals surface area contributed by atoms with Crippen LogP contribution < -0.4 is 0 Å². The van der Waals surface area contributed by atoms with Gasteiger partial charge in [0.15, 0.2) is 0 Å². The molecule has 2 aromatic carbocycles. The van der Waals surface area contributed by atoms with Crippen molar-refractivity contribution in [1.82, 2.24) is 4.90 Å². The first kappa shape index (κ1) is 26.7. The third kappa shape index (κ3) is 7.39. The minimum atomic E-state index is -1.02. The van der Waals surface area contributed by atoms with E-state index in [1.165, 1.54) is 5.56 Å². The molecule has 1 atom stereocenters. The summed E-state index contributed by atoms with van der Waals surface area (Å²) in [6.07, 6.45) is 0. The first-order chi connectivity index (χ1) is 13.5. The topological polar surface area (TPSA) is 72.8 Å². The third-order valence-corrected chi connectivity index (χ3v) is 5.38. The summed E-state index contributed by atoms with van der Waals surface area (Å²) in [6, 6.07) is 18.2. The molecule has 0 bridgehead atoms. The van der Waals surface area contributed by atoms with Crippen molar-refractivity contribution < 1.29 is 19.3 Å². The molecular formula is C21H27Cl3N2O4. The zero-order chi connectivity index (χ0) is 20.0. The van der Waals surface area contributed by atoms with Crippen LogP contribution in [0.15, 0.2) is 54.6 Å². The number of aliphatic carboxylic acids is 1. The van der Waals surface area contributed by atoms with Crippen molar-refractivity contribution in [1.29, 1.82) is 0 Å². The van der Waals surface area contributed by atoms with Crippen LogP contribution in [0.1, 0.15) is 17.2 Å². The van der Waals surface area contributed by atoms with E-state index in [0.717, 1.165) is 5.56 Å². The maximum absolute atomic E-state index is 12.9. The zero-order valence-electron chi connectivity index (χ0n) is 16.5. The molecule has 1 aliphatic heterocycles. The van der Waals surface area contributed by atoms with Crippen LogP contribution >= 0.6 is 36.4 Å². The number of piperazine rings is 1. The lowest BCUT2D eigenvalue weighted by Gasteiger charge is -2.49. The standard InChI is InChI=1S/C21H25ClN2O4.2ClH/c22-19-8-6-18(7-9-19)21(17-4-2-1-3-5-17)23-10-12-24(27,13-11-23)14-15-28-16-20(25)26;;/h1-9,21H,10-16H2,(H,25,26);2*1H. The van der Waals surface area contributed by atoms with Crippen molar-refractivity contribution >= 4 is 42.4 Å². The summed E-state index contributed by atoms with van der Waals surface area (Å²) in [4.78, 5) is 12.8. The third-order valence-electron chi connectivity index (χ3n) is 5.12. The second kappa shape index (κ2) is 12.5. The summed E-state index contributed by atoms with van der Waals surface area (Å²) >= 11 is 6.06. The van der Waals surface area contributed by atoms with E-state index in [2.05, 4.69) is 17.0 Å². The number of quaternary nitrogens is 1. The Bertz CT molecular complexity index is 770. The Hall–Kier alpha value is -1.38. The van der Waals surface area contributed by atoms with Gasteiger partial charge in [0.25, 0.3) is 0 Å². The quantitative estimate of drug-likeness (QED) is 0.353. The van der Waals surface area contributed by atoms with E-state index in [0.29, 0.717) is 31.2 Å². The molecule has 1 aliphatic rings. The highest BCUT2D eigenvalue weighted by Crippen LogP contribution is 2.31. The van der Waals surface area contributed by atoms with Crippen LogP contribution in [0, 0.1) is 5.21 Å². The minimum Gasteiger partial charge on any atom is -0.633 e. The summed E-state index contributed by atoms with van der Waals surface area (Å²) in [7, 11) is 0. The molecule has 1 saturated heterocycles. The van der Waals surface area contributed by atoms with Crippen molar-refractivity contribution in [3.63, 3.8) is 0 Å². The lowest BCUT2D eigenvalue weighted by Crippen LogP contribution is -2.57. The molecule has 0 aliphatic carbocycles. The molecule has 2 aromatic rings. The van der Waals surface area contributed by atoms with Crippen LogP contribution in [0.4, 0.5) is 0 Å². The zero-order valence-corrected chi connectivity index (χ0v) is 18.9. The smallest absolute Gasteiger partial charge is 0.329 e. The molecule has 1 unspecified atom stereocenters. The molecule has 166 valence electrons. The Morgan fingerprint density at radius 3 is 2.20 bits per heavy atom. The van der Waals surface area contributed by atoms with Crippen molar-refractivity contribution in [3.8, 4) is 0 Å². The number of carboxylic acid groups (broad SMARTS) is 1. The van der Waals surface area contributed by atoms with Crippen LogP contribution in [-0.4, -0.2) is 66.6 Å². The Kier molecular flexibility index (Phi) is 11.1. The van der Waals surface area contributed by atoms with Crippen LogP contribution in [0.3, 0.4) is 0 Å². The summed E-state index contributed by atoms with van der Waals surface area (Å²) in [6.45, 7) is 2.29. The number of carbonyl (C=O) groups is 1. The number of hydroxylamine groups is 3. The van der Waals surface area contributed by atoms with Gasteiger partial charge >= 0.3 is 5.97 Å². The van der Waals surface area contributed by atoms with Gasteiger partial charge in [0, 0.05) is 18.1 Å². The Morgan fingerprint density at radius 1 is 1.07 bits per heavy atom. The van der Waals surface area contributed by atoms with Crippen LogP contribution in [-0.2, 0) is 9.53 Å². The number of hydrogen-bond acceptors (Lipinski definition) is 4. The molecule has 1 heterocycles. The van der Waals surface area contributed by atoms with Crippen molar-refractivity contribution in [2.45, 2.75) is 6.04 Å². The number of halogens is 3. The summed E-state index contributed by atoms with van der Waals surface area (Å²) in [5.41, 5.74) is 2.33. The predicted octanol–water partition coefficient (Wildman–Crippen LogP) is 4.00. The average molecular weight is 478 g/mol. The molecule has 6 nitrogen and oxygen atoms in total. The van der Waals surface area contributed by atoms with Gasteiger partial charge in [0.05, 0.1) is 25.7 Å². The Morgan fingerprint density at radius 2 is 1.63 bits per heavy atom. The first-order valence-electron chi connectivity index (χ1n) is 9.38. The van der Waals surface area contributed by atoms with Gasteiger partial charge < -0.3 is 19.7 Å². The molecule has 0 saturated carbocycles. The molecule has 30 heavy (non-hydrogen) atoms. The fourth-order valence-electron chi connectivity index (χ4n) is 3.61. The Labute approximate surface area is 194 Å². The number of hydrogen-bond donors (Lipinski definition) is 1. The van der Waals surface area contributed by atoms with Gasteiger partial charge in [0.1, 0.15) is 13.2 Å². The van der Waals surface area contributed by atoms with Gasteiger partial charge in [-0.25, -0.2) is 4.79 Å². The van der Waals surface area contributed by atoms with Crippen LogP contribution in [0.25, 0.3) is 0 Å². The highest BCUT2D eigenvalue weighted by Gasteiger charge is 2.31. The van der Waals surface area contributed by atoms with E-state index < -0.39 is 5.97 Å². The second-order valence-electron chi connectivity index (χ2n) is 7.08. The van der Waals surface area contributed by atoms with E-state index >= 15 is 0 Å². The van der Waals surface area contributed by atoms with Gasteiger partial charge in [-0.1, -0.05) is 54.1 Å². The largest absolute Gasteiger partial charge is 0.633 e. The normalized spacial score (nSPS) is 16.7. The highest BCUT2D eigenvalue weighted by atomic mass is 35.5. The number of ether oxygens (including phenoxy) is 1. The second-order valence-corrected chi connectivity index (χ2v) is 7.51. The van der Waals surface area contributed by atoms with Crippen LogP contribution in [0.5, 0.6) is 0 Å². The van der Waals surface area contributed by atoms with Crippen molar-refractivity contribution in [2.75, 3.05) is 45.9 Å². The van der Waals surface area contributed by atoms with Crippen molar-refractivity contribution in [3.05, 3.63) is 76.0 Å². The number of benzene rings is 2.